The minimum Gasteiger partial charge on any atom is -0.479 e. The maximum absolute atomic E-state index is 12.2. The van der Waals surface area contributed by atoms with Gasteiger partial charge in [-0.25, -0.2) is 0 Å². The van der Waals surface area contributed by atoms with Gasteiger partial charge in [0.2, 0.25) is 0 Å². The summed E-state index contributed by atoms with van der Waals surface area (Å²) < 4.78 is 11.1. The zero-order valence-corrected chi connectivity index (χ0v) is 11.3. The Morgan fingerprint density at radius 3 is 2.89 bits per heavy atom. The van der Waals surface area contributed by atoms with Crippen molar-refractivity contribution in [2.24, 2.45) is 5.73 Å². The Morgan fingerprint density at radius 2 is 2.21 bits per heavy atom. The number of nitrogens with zero attached hydrogens (tertiary/aromatic N) is 1. The van der Waals surface area contributed by atoms with Crippen LogP contribution in [-0.2, 0) is 9.53 Å². The van der Waals surface area contributed by atoms with E-state index in [2.05, 4.69) is 0 Å². The van der Waals surface area contributed by atoms with E-state index in [0.717, 1.165) is 11.4 Å². The van der Waals surface area contributed by atoms with E-state index >= 15 is 0 Å². The number of benzene rings is 1. The first kappa shape index (κ1) is 13.8. The maximum Gasteiger partial charge on any atom is 0.267 e. The summed E-state index contributed by atoms with van der Waals surface area (Å²) in [6.45, 7) is 5.09. The van der Waals surface area contributed by atoms with E-state index in [1.165, 1.54) is 0 Å². The molecule has 5 heteroatoms. The molecule has 0 fully saturated rings. The second-order valence-corrected chi connectivity index (χ2v) is 4.49. The van der Waals surface area contributed by atoms with Crippen molar-refractivity contribution in [2.45, 2.75) is 26.1 Å². The lowest BCUT2D eigenvalue weighted by Gasteiger charge is -2.34. The molecule has 2 unspecified atom stereocenters. The third-order valence-corrected chi connectivity index (χ3v) is 3.13. The summed E-state index contributed by atoms with van der Waals surface area (Å²) in [5.74, 6) is 0.665. The van der Waals surface area contributed by atoms with Gasteiger partial charge in [-0.3, -0.25) is 4.79 Å². The standard InChI is InChI=1S/C14H20N2O3/c1-3-18-11(8-15)9-16-12-6-4-5-7-13(12)19-10(2)14(16)17/h4-7,10-11H,3,8-9,15H2,1-2H3. The van der Waals surface area contributed by atoms with Crippen molar-refractivity contribution in [1.82, 2.24) is 0 Å². The molecule has 2 N–H and O–H groups in total. The zero-order chi connectivity index (χ0) is 13.8. The van der Waals surface area contributed by atoms with Crippen LogP contribution in [0.25, 0.3) is 0 Å². The summed E-state index contributed by atoms with van der Waals surface area (Å²) in [5, 5.41) is 0. The van der Waals surface area contributed by atoms with Crippen molar-refractivity contribution < 1.29 is 14.3 Å². The Morgan fingerprint density at radius 1 is 1.47 bits per heavy atom. The maximum atomic E-state index is 12.2. The molecular formula is C14H20N2O3. The van der Waals surface area contributed by atoms with Crippen LogP contribution in [0.15, 0.2) is 24.3 Å². The van der Waals surface area contributed by atoms with Crippen molar-refractivity contribution in [3.63, 3.8) is 0 Å². The molecule has 0 aromatic heterocycles. The topological polar surface area (TPSA) is 64.8 Å². The number of hydrogen-bond donors (Lipinski definition) is 1. The van der Waals surface area contributed by atoms with Crippen LogP contribution >= 0.6 is 0 Å². The van der Waals surface area contributed by atoms with E-state index in [1.807, 2.05) is 31.2 Å². The fourth-order valence-electron chi connectivity index (χ4n) is 2.18. The van der Waals surface area contributed by atoms with Crippen molar-refractivity contribution in [3.05, 3.63) is 24.3 Å². The number of amides is 1. The molecular weight excluding hydrogens is 244 g/mol. The highest BCUT2D eigenvalue weighted by molar-refractivity contribution is 5.99. The highest BCUT2D eigenvalue weighted by atomic mass is 16.5. The predicted octanol–water partition coefficient (Wildman–Crippen LogP) is 1.16. The lowest BCUT2D eigenvalue weighted by atomic mass is 10.1. The smallest absolute Gasteiger partial charge is 0.267 e. The minimum absolute atomic E-state index is 0.0585. The van der Waals surface area contributed by atoms with Crippen LogP contribution in [0.1, 0.15) is 13.8 Å². The first-order valence-corrected chi connectivity index (χ1v) is 6.56. The lowest BCUT2D eigenvalue weighted by molar-refractivity contribution is -0.126. The van der Waals surface area contributed by atoms with Gasteiger partial charge in [0, 0.05) is 13.2 Å². The fraction of sp³-hybridized carbons (Fsp3) is 0.500. The minimum atomic E-state index is -0.477. The Hall–Kier alpha value is -1.59. The summed E-state index contributed by atoms with van der Waals surface area (Å²) in [5.41, 5.74) is 6.46. The summed E-state index contributed by atoms with van der Waals surface area (Å²) in [4.78, 5) is 14.0. The highest BCUT2D eigenvalue weighted by Gasteiger charge is 2.32. The van der Waals surface area contributed by atoms with Gasteiger partial charge in [-0.15, -0.1) is 0 Å². The number of hydrogen-bond acceptors (Lipinski definition) is 4. The van der Waals surface area contributed by atoms with Gasteiger partial charge >= 0.3 is 0 Å². The summed E-state index contributed by atoms with van der Waals surface area (Å²) in [6, 6.07) is 7.51. The molecule has 1 aromatic carbocycles. The normalized spacial score (nSPS) is 19.8. The van der Waals surface area contributed by atoms with Crippen LogP contribution in [0.2, 0.25) is 0 Å². The molecule has 19 heavy (non-hydrogen) atoms. The molecule has 104 valence electrons. The average molecular weight is 264 g/mol. The second kappa shape index (κ2) is 6.04. The quantitative estimate of drug-likeness (QED) is 0.867. The van der Waals surface area contributed by atoms with Crippen LogP contribution in [0.5, 0.6) is 5.75 Å². The lowest BCUT2D eigenvalue weighted by Crippen LogP contribution is -2.49. The van der Waals surface area contributed by atoms with E-state index in [-0.39, 0.29) is 12.0 Å². The van der Waals surface area contributed by atoms with Crippen molar-refractivity contribution in [1.29, 1.82) is 0 Å². The monoisotopic (exact) mass is 264 g/mol. The van der Waals surface area contributed by atoms with Gasteiger partial charge in [-0.05, 0) is 26.0 Å². The molecule has 1 aliphatic heterocycles. The van der Waals surface area contributed by atoms with Crippen LogP contribution in [-0.4, -0.2) is 37.8 Å². The van der Waals surface area contributed by atoms with Gasteiger partial charge < -0.3 is 20.1 Å². The van der Waals surface area contributed by atoms with E-state index < -0.39 is 6.10 Å². The molecule has 1 aromatic rings. The third kappa shape index (κ3) is 2.88. The zero-order valence-electron chi connectivity index (χ0n) is 11.3. The largest absolute Gasteiger partial charge is 0.479 e. The van der Waals surface area contributed by atoms with E-state index in [1.54, 1.807) is 11.8 Å². The van der Waals surface area contributed by atoms with Crippen LogP contribution in [0, 0.1) is 0 Å². The van der Waals surface area contributed by atoms with Gasteiger partial charge in [0.15, 0.2) is 6.10 Å². The molecule has 1 heterocycles. The predicted molar refractivity (Wildman–Crippen MR) is 73.4 cm³/mol. The van der Waals surface area contributed by atoms with Crippen LogP contribution < -0.4 is 15.4 Å². The number of anilines is 1. The van der Waals surface area contributed by atoms with Gasteiger partial charge in [0.05, 0.1) is 18.3 Å². The molecule has 1 aliphatic rings. The average Bonchev–Trinajstić information content (AvgIpc) is 2.42. The van der Waals surface area contributed by atoms with Crippen LogP contribution in [0.4, 0.5) is 5.69 Å². The molecule has 0 saturated heterocycles. The number of carbonyl (C=O) groups excluding carboxylic acids is 1. The first-order valence-electron chi connectivity index (χ1n) is 6.56. The van der Waals surface area contributed by atoms with E-state index in [9.17, 15) is 4.79 Å². The van der Waals surface area contributed by atoms with Gasteiger partial charge in [0.1, 0.15) is 5.75 Å². The number of rotatable bonds is 5. The second-order valence-electron chi connectivity index (χ2n) is 4.49. The molecule has 0 saturated carbocycles. The van der Waals surface area contributed by atoms with Crippen molar-refractivity contribution in [2.75, 3.05) is 24.6 Å². The van der Waals surface area contributed by atoms with Gasteiger partial charge in [-0.2, -0.15) is 0 Å². The molecule has 0 radical (unpaired) electrons. The SMILES string of the molecule is CCOC(CN)CN1C(=O)C(C)Oc2ccccc21. The summed E-state index contributed by atoms with van der Waals surface area (Å²) in [6.07, 6.45) is -0.637. The molecule has 2 rings (SSSR count). The molecule has 0 aliphatic carbocycles. The molecule has 0 bridgehead atoms. The summed E-state index contributed by atoms with van der Waals surface area (Å²) in [7, 11) is 0. The van der Waals surface area contributed by atoms with Crippen LogP contribution in [0.3, 0.4) is 0 Å². The Bertz CT molecular complexity index is 450. The van der Waals surface area contributed by atoms with E-state index in [4.69, 9.17) is 15.2 Å². The first-order chi connectivity index (χ1) is 9.17. The molecule has 2 atom stereocenters. The Kier molecular flexibility index (Phi) is 4.39. The number of para-hydroxylation sites is 2. The Labute approximate surface area is 113 Å². The number of fused-ring (bicyclic) bond motifs is 1. The van der Waals surface area contributed by atoms with Gasteiger partial charge in [0.25, 0.3) is 5.91 Å². The number of carbonyl (C=O) groups is 1. The number of nitrogens with two attached hydrogens (primary N) is 1. The van der Waals surface area contributed by atoms with Gasteiger partial charge in [-0.1, -0.05) is 12.1 Å². The Balaban J connectivity index is 2.24. The number of ether oxygens (including phenoxy) is 2. The highest BCUT2D eigenvalue weighted by Crippen LogP contribution is 2.33. The van der Waals surface area contributed by atoms with E-state index in [0.29, 0.717) is 19.7 Å². The van der Waals surface area contributed by atoms with Crippen molar-refractivity contribution >= 4 is 11.6 Å². The van der Waals surface area contributed by atoms with Crippen molar-refractivity contribution in [3.8, 4) is 5.75 Å². The molecule has 0 spiro atoms. The molecule has 5 nitrogen and oxygen atoms in total. The fourth-order valence-corrected chi connectivity index (χ4v) is 2.18. The molecule has 1 amide bonds. The third-order valence-electron chi connectivity index (χ3n) is 3.13. The summed E-state index contributed by atoms with van der Waals surface area (Å²) >= 11 is 0.